The summed E-state index contributed by atoms with van der Waals surface area (Å²) >= 11 is 0. The van der Waals surface area contributed by atoms with Crippen molar-refractivity contribution in [2.24, 2.45) is 0 Å². The van der Waals surface area contributed by atoms with Crippen molar-refractivity contribution < 1.29 is 14.3 Å². The highest BCUT2D eigenvalue weighted by Gasteiger charge is 2.38. The lowest BCUT2D eigenvalue weighted by Crippen LogP contribution is -2.42. The summed E-state index contributed by atoms with van der Waals surface area (Å²) in [6.45, 7) is 3.75. The van der Waals surface area contributed by atoms with Crippen LogP contribution >= 0.6 is 0 Å². The van der Waals surface area contributed by atoms with Gasteiger partial charge in [-0.3, -0.25) is 9.78 Å². The summed E-state index contributed by atoms with van der Waals surface area (Å²) in [6, 6.07) is 12.2. The van der Waals surface area contributed by atoms with Crippen molar-refractivity contribution in [2.75, 3.05) is 26.9 Å². The first-order chi connectivity index (χ1) is 12.7. The average molecular weight is 354 g/mol. The molecule has 1 fully saturated rings. The number of nitrogens with zero attached hydrogens (tertiary/aromatic N) is 2. The number of ether oxygens (including phenoxy) is 2. The first-order valence-electron chi connectivity index (χ1n) is 9.06. The molecule has 0 aliphatic carbocycles. The number of carbonyl (C=O) groups excluding carboxylic acids is 1. The molecular formula is C21H26N2O3. The van der Waals surface area contributed by atoms with Crippen LogP contribution in [0.5, 0.6) is 0 Å². The maximum absolute atomic E-state index is 13.1. The van der Waals surface area contributed by atoms with E-state index in [9.17, 15) is 4.79 Å². The van der Waals surface area contributed by atoms with E-state index in [-0.39, 0.29) is 18.1 Å². The predicted octanol–water partition coefficient (Wildman–Crippen LogP) is 2.88. The Morgan fingerprint density at radius 2 is 2.04 bits per heavy atom. The fourth-order valence-corrected chi connectivity index (χ4v) is 3.49. The molecule has 1 saturated heterocycles. The largest absolute Gasteiger partial charge is 0.382 e. The number of carbonyl (C=O) groups is 1. The summed E-state index contributed by atoms with van der Waals surface area (Å²) in [6.07, 6.45) is 5.05. The molecule has 0 spiro atoms. The Bertz CT molecular complexity index is 720. The quantitative estimate of drug-likeness (QED) is 0.718. The number of likely N-dealkylation sites (tertiary alicyclic amines) is 1. The zero-order chi connectivity index (χ0) is 18.4. The van der Waals surface area contributed by atoms with E-state index in [1.165, 1.54) is 5.56 Å². The molecule has 138 valence electrons. The summed E-state index contributed by atoms with van der Waals surface area (Å²) in [4.78, 5) is 19.2. The number of aromatic nitrogens is 1. The fourth-order valence-electron chi connectivity index (χ4n) is 3.49. The monoisotopic (exact) mass is 354 g/mol. The van der Waals surface area contributed by atoms with Crippen molar-refractivity contribution >= 4 is 5.91 Å². The van der Waals surface area contributed by atoms with Gasteiger partial charge in [-0.25, -0.2) is 0 Å². The Hall–Kier alpha value is -2.24. The van der Waals surface area contributed by atoms with Crippen LogP contribution in [0.25, 0.3) is 0 Å². The normalized spacial score (nSPS) is 19.7. The van der Waals surface area contributed by atoms with Gasteiger partial charge in [0.15, 0.2) is 0 Å². The molecule has 0 radical (unpaired) electrons. The number of hydrogen-bond acceptors (Lipinski definition) is 4. The molecule has 5 heteroatoms. The smallest absolute Gasteiger partial charge is 0.255 e. The van der Waals surface area contributed by atoms with Crippen LogP contribution in [-0.4, -0.2) is 54.8 Å². The summed E-state index contributed by atoms with van der Waals surface area (Å²) < 4.78 is 11.1. The second kappa shape index (κ2) is 8.92. The molecular weight excluding hydrogens is 328 g/mol. The van der Waals surface area contributed by atoms with Gasteiger partial charge >= 0.3 is 0 Å². The van der Waals surface area contributed by atoms with Gasteiger partial charge in [-0.2, -0.15) is 0 Å². The molecule has 2 aromatic rings. The van der Waals surface area contributed by atoms with Crippen molar-refractivity contribution in [1.82, 2.24) is 9.88 Å². The zero-order valence-corrected chi connectivity index (χ0v) is 15.4. The Morgan fingerprint density at radius 1 is 1.23 bits per heavy atom. The molecule has 3 rings (SSSR count). The minimum atomic E-state index is 0.0160. The number of pyridine rings is 1. The molecule has 1 aromatic carbocycles. The van der Waals surface area contributed by atoms with Crippen molar-refractivity contribution in [3.63, 3.8) is 0 Å². The third-order valence-electron chi connectivity index (χ3n) is 4.77. The van der Waals surface area contributed by atoms with Gasteiger partial charge in [0.05, 0.1) is 30.9 Å². The Morgan fingerprint density at radius 3 is 2.77 bits per heavy atom. The molecule has 5 nitrogen and oxygen atoms in total. The van der Waals surface area contributed by atoms with Gasteiger partial charge in [0.25, 0.3) is 5.91 Å². The maximum Gasteiger partial charge on any atom is 0.255 e. The third kappa shape index (κ3) is 4.48. The highest BCUT2D eigenvalue weighted by molar-refractivity contribution is 5.94. The minimum Gasteiger partial charge on any atom is -0.382 e. The standard InChI is InChI=1S/C21H26N2O3/c1-16-12-18(15-22-14-16)21(24)23-9-8-20(26-11-10-25-2)19(23)13-17-6-4-3-5-7-17/h3-7,12,14-15,19-20H,8-11,13H2,1-2H3/t19-,20+/m0/s1. The van der Waals surface area contributed by atoms with Crippen LogP contribution in [0.1, 0.15) is 27.9 Å². The summed E-state index contributed by atoms with van der Waals surface area (Å²) in [5, 5.41) is 0. The summed E-state index contributed by atoms with van der Waals surface area (Å²) in [5.41, 5.74) is 2.84. The van der Waals surface area contributed by atoms with E-state index in [0.717, 1.165) is 18.4 Å². The van der Waals surface area contributed by atoms with Crippen LogP contribution in [0.2, 0.25) is 0 Å². The van der Waals surface area contributed by atoms with Crippen molar-refractivity contribution in [3.05, 3.63) is 65.5 Å². The molecule has 1 aromatic heterocycles. The van der Waals surface area contributed by atoms with Crippen molar-refractivity contribution in [2.45, 2.75) is 31.9 Å². The number of aryl methyl sites for hydroxylation is 1. The lowest BCUT2D eigenvalue weighted by atomic mass is 10.0. The molecule has 2 heterocycles. The van der Waals surface area contributed by atoms with Crippen LogP contribution in [-0.2, 0) is 15.9 Å². The topological polar surface area (TPSA) is 51.7 Å². The van der Waals surface area contributed by atoms with Gasteiger partial charge in [0.1, 0.15) is 0 Å². The van der Waals surface area contributed by atoms with Gasteiger partial charge in [0, 0.05) is 26.0 Å². The zero-order valence-electron chi connectivity index (χ0n) is 15.4. The van der Waals surface area contributed by atoms with E-state index in [0.29, 0.717) is 25.3 Å². The fraction of sp³-hybridized carbons (Fsp3) is 0.429. The Labute approximate surface area is 155 Å². The molecule has 26 heavy (non-hydrogen) atoms. The van der Waals surface area contributed by atoms with E-state index < -0.39 is 0 Å². The van der Waals surface area contributed by atoms with Gasteiger partial charge in [-0.05, 0) is 37.0 Å². The second-order valence-corrected chi connectivity index (χ2v) is 6.70. The van der Waals surface area contributed by atoms with Crippen LogP contribution in [0, 0.1) is 6.92 Å². The molecule has 0 bridgehead atoms. The SMILES string of the molecule is COCCO[C@@H]1CCN(C(=O)c2cncc(C)c2)[C@H]1Cc1ccccc1. The second-order valence-electron chi connectivity index (χ2n) is 6.70. The average Bonchev–Trinajstić information content (AvgIpc) is 3.05. The van der Waals surface area contributed by atoms with Crippen molar-refractivity contribution in [3.8, 4) is 0 Å². The maximum atomic E-state index is 13.1. The number of rotatable bonds is 7. The number of hydrogen-bond donors (Lipinski definition) is 0. The number of methoxy groups -OCH3 is 1. The molecule has 1 aliphatic rings. The molecule has 2 atom stereocenters. The van der Waals surface area contributed by atoms with E-state index >= 15 is 0 Å². The highest BCUT2D eigenvalue weighted by Crippen LogP contribution is 2.26. The Balaban J connectivity index is 1.79. The van der Waals surface area contributed by atoms with Gasteiger partial charge in [-0.15, -0.1) is 0 Å². The van der Waals surface area contributed by atoms with Crippen LogP contribution in [0.3, 0.4) is 0 Å². The first-order valence-corrected chi connectivity index (χ1v) is 9.06. The third-order valence-corrected chi connectivity index (χ3v) is 4.77. The summed E-state index contributed by atoms with van der Waals surface area (Å²) in [7, 11) is 1.67. The molecule has 1 amide bonds. The molecule has 1 aliphatic heterocycles. The predicted molar refractivity (Wildman–Crippen MR) is 100 cm³/mol. The highest BCUT2D eigenvalue weighted by atomic mass is 16.5. The van der Waals surface area contributed by atoms with Crippen LogP contribution in [0.15, 0.2) is 48.8 Å². The first kappa shape index (κ1) is 18.5. The molecule has 0 N–H and O–H groups in total. The van der Waals surface area contributed by atoms with Gasteiger partial charge in [-0.1, -0.05) is 30.3 Å². The van der Waals surface area contributed by atoms with Crippen LogP contribution < -0.4 is 0 Å². The molecule has 0 saturated carbocycles. The van der Waals surface area contributed by atoms with E-state index in [4.69, 9.17) is 9.47 Å². The lowest BCUT2D eigenvalue weighted by molar-refractivity contribution is 0.000489. The van der Waals surface area contributed by atoms with Crippen molar-refractivity contribution in [1.29, 1.82) is 0 Å². The van der Waals surface area contributed by atoms with Gasteiger partial charge in [0.2, 0.25) is 0 Å². The van der Waals surface area contributed by atoms with E-state index in [2.05, 4.69) is 17.1 Å². The van der Waals surface area contributed by atoms with E-state index in [1.807, 2.05) is 36.1 Å². The van der Waals surface area contributed by atoms with E-state index in [1.54, 1.807) is 19.5 Å². The number of benzene rings is 1. The van der Waals surface area contributed by atoms with Crippen LogP contribution in [0.4, 0.5) is 0 Å². The van der Waals surface area contributed by atoms with Gasteiger partial charge < -0.3 is 14.4 Å². The Kier molecular flexibility index (Phi) is 6.36. The minimum absolute atomic E-state index is 0.0160. The molecule has 0 unspecified atom stereocenters. The lowest BCUT2D eigenvalue weighted by Gasteiger charge is -2.28. The number of amides is 1. The summed E-state index contributed by atoms with van der Waals surface area (Å²) in [5.74, 6) is 0.0278.